The normalized spacial score (nSPS) is 22.3. The Labute approximate surface area is 359 Å². The average molecular weight is 860 g/mol. The van der Waals surface area contributed by atoms with Gasteiger partial charge in [0.1, 0.15) is 17.3 Å². The molecule has 332 valence electrons. The van der Waals surface area contributed by atoms with Gasteiger partial charge in [-0.1, -0.05) is 12.1 Å². The van der Waals surface area contributed by atoms with E-state index in [9.17, 15) is 28.0 Å². The van der Waals surface area contributed by atoms with Crippen molar-refractivity contribution < 1.29 is 37.1 Å². The quantitative estimate of drug-likeness (QED) is 0.207. The summed E-state index contributed by atoms with van der Waals surface area (Å²) in [5.41, 5.74) is 2.59. The van der Waals surface area contributed by atoms with E-state index < -0.39 is 24.3 Å². The highest BCUT2D eigenvalue weighted by Gasteiger charge is 2.48. The molecular formula is C45H56F3N9O5. The highest BCUT2D eigenvalue weighted by molar-refractivity contribution is 6.02. The fourth-order valence-corrected chi connectivity index (χ4v) is 9.90. The molecule has 1 unspecified atom stereocenters. The first kappa shape index (κ1) is 43.4. The van der Waals surface area contributed by atoms with Crippen LogP contribution in [-0.4, -0.2) is 115 Å². The van der Waals surface area contributed by atoms with Crippen LogP contribution in [0.1, 0.15) is 92.6 Å². The number of aromatic nitrogens is 2. The second-order valence-electron chi connectivity index (χ2n) is 18.2. The number of rotatable bonds is 11. The molecule has 62 heavy (non-hydrogen) atoms. The zero-order chi connectivity index (χ0) is 43.9. The highest BCUT2D eigenvalue weighted by Crippen LogP contribution is 2.49. The number of piperidine rings is 3. The van der Waals surface area contributed by atoms with Crippen molar-refractivity contribution in [1.82, 2.24) is 30.4 Å². The molecule has 3 saturated heterocycles. The lowest BCUT2D eigenvalue weighted by atomic mass is 9.60. The summed E-state index contributed by atoms with van der Waals surface area (Å²) in [5.74, 6) is -5.24. The lowest BCUT2D eigenvalue weighted by molar-refractivity contribution is -0.140. The maximum atomic E-state index is 15.1. The summed E-state index contributed by atoms with van der Waals surface area (Å²) >= 11 is 0. The van der Waals surface area contributed by atoms with Crippen LogP contribution in [0.4, 0.5) is 36.3 Å². The minimum Gasteiger partial charge on any atom is -0.495 e. The van der Waals surface area contributed by atoms with Gasteiger partial charge in [0, 0.05) is 49.8 Å². The van der Waals surface area contributed by atoms with Crippen LogP contribution < -0.4 is 30.5 Å². The summed E-state index contributed by atoms with van der Waals surface area (Å²) in [5, 5.41) is 8.65. The molecule has 3 N–H and O–H groups in total. The molecule has 1 spiro atoms. The van der Waals surface area contributed by atoms with Crippen LogP contribution in [0.5, 0.6) is 5.75 Å². The molecule has 5 heterocycles. The van der Waals surface area contributed by atoms with E-state index in [0.29, 0.717) is 47.0 Å². The molecule has 14 nitrogen and oxygen atoms in total. The monoisotopic (exact) mass is 859 g/mol. The van der Waals surface area contributed by atoms with Gasteiger partial charge in [0.2, 0.25) is 17.8 Å². The number of amides is 4. The van der Waals surface area contributed by atoms with Crippen LogP contribution in [0.15, 0.2) is 42.6 Å². The van der Waals surface area contributed by atoms with Gasteiger partial charge in [0.15, 0.2) is 5.82 Å². The van der Waals surface area contributed by atoms with Crippen LogP contribution in [-0.2, 0) is 20.9 Å². The predicted octanol–water partition coefficient (Wildman–Crippen LogP) is 5.60. The highest BCUT2D eigenvalue weighted by atomic mass is 19.3. The maximum absolute atomic E-state index is 15.1. The standard InChI is InChI=1S/C45H56F3N9O5/c1-27(2)57-26-45(47,48)42(61)54(3)36-23-49-43(53-39(36)57)51-35-9-7-30(20-37(35)62-4)40(59)50-32-21-44(22-32)13-17-56(18-14-44)24-28-11-15-55(16-12-28)25-31-6-5-29(19-34(31)46)33-8-10-38(58)52-41(33)60/h5-7,9,19-20,23,27-28,32-33H,8,10-18,21-22,24-26H2,1-4H3,(H,50,59)(H,49,51,53)(H,52,58,60). The van der Waals surface area contributed by atoms with E-state index in [1.54, 1.807) is 38.1 Å². The largest absolute Gasteiger partial charge is 0.495 e. The molecule has 5 aliphatic rings. The number of fused-ring (bicyclic) bond motifs is 1. The first-order chi connectivity index (χ1) is 29.6. The number of nitrogens with zero attached hydrogens (tertiary/aromatic N) is 6. The van der Waals surface area contributed by atoms with Crippen molar-refractivity contribution in [2.24, 2.45) is 11.3 Å². The lowest BCUT2D eigenvalue weighted by Gasteiger charge is -2.52. The molecule has 4 aliphatic heterocycles. The van der Waals surface area contributed by atoms with Gasteiger partial charge in [-0.2, -0.15) is 13.8 Å². The smallest absolute Gasteiger partial charge is 0.342 e. The molecule has 0 bridgehead atoms. The number of anilines is 4. The number of benzene rings is 2. The van der Waals surface area contributed by atoms with Crippen molar-refractivity contribution in [3.05, 3.63) is 65.1 Å². The van der Waals surface area contributed by atoms with Crippen molar-refractivity contribution in [1.29, 1.82) is 0 Å². The summed E-state index contributed by atoms with van der Waals surface area (Å²) in [7, 11) is 2.78. The van der Waals surface area contributed by atoms with E-state index >= 15 is 4.39 Å². The van der Waals surface area contributed by atoms with Gasteiger partial charge in [-0.05, 0) is 126 Å². The van der Waals surface area contributed by atoms with Crippen LogP contribution in [0.25, 0.3) is 0 Å². The number of imide groups is 1. The molecule has 1 saturated carbocycles. The third-order valence-electron chi connectivity index (χ3n) is 13.7. The second kappa shape index (κ2) is 17.5. The zero-order valence-electron chi connectivity index (χ0n) is 35.8. The number of hydrogen-bond acceptors (Lipinski definition) is 11. The number of ether oxygens (including phenoxy) is 1. The van der Waals surface area contributed by atoms with Gasteiger partial charge in [0.25, 0.3) is 11.8 Å². The molecule has 0 radical (unpaired) electrons. The molecule has 4 amide bonds. The van der Waals surface area contributed by atoms with E-state index in [1.807, 2.05) is 6.07 Å². The van der Waals surface area contributed by atoms with Crippen LogP contribution >= 0.6 is 0 Å². The van der Waals surface area contributed by atoms with E-state index in [1.165, 1.54) is 31.3 Å². The van der Waals surface area contributed by atoms with E-state index in [4.69, 9.17) is 4.74 Å². The number of hydrogen-bond donors (Lipinski definition) is 3. The third kappa shape index (κ3) is 9.10. The molecule has 17 heteroatoms. The summed E-state index contributed by atoms with van der Waals surface area (Å²) < 4.78 is 50.3. The molecule has 1 atom stereocenters. The number of nitrogens with one attached hydrogen (secondary N) is 3. The van der Waals surface area contributed by atoms with Crippen molar-refractivity contribution >= 4 is 46.8 Å². The molecule has 2 aromatic carbocycles. The summed E-state index contributed by atoms with van der Waals surface area (Å²) in [6.07, 6.45) is 8.25. The van der Waals surface area contributed by atoms with Crippen LogP contribution in [0.3, 0.4) is 0 Å². The van der Waals surface area contributed by atoms with Crippen molar-refractivity contribution in [3.8, 4) is 5.75 Å². The number of likely N-dealkylation sites (tertiary alicyclic amines) is 2. The second-order valence-corrected chi connectivity index (χ2v) is 18.2. The number of alkyl halides is 2. The Morgan fingerprint density at radius 2 is 1.74 bits per heavy atom. The molecule has 1 aliphatic carbocycles. The Balaban J connectivity index is 0.777. The van der Waals surface area contributed by atoms with Gasteiger partial charge >= 0.3 is 5.92 Å². The molecule has 8 rings (SSSR count). The van der Waals surface area contributed by atoms with E-state index in [0.717, 1.165) is 76.1 Å². The average Bonchev–Trinajstić information content (AvgIpc) is 3.30. The Morgan fingerprint density at radius 3 is 2.42 bits per heavy atom. The predicted molar refractivity (Wildman–Crippen MR) is 227 cm³/mol. The summed E-state index contributed by atoms with van der Waals surface area (Å²) in [6.45, 7) is 8.21. The third-order valence-corrected chi connectivity index (χ3v) is 13.7. The topological polar surface area (TPSA) is 152 Å². The SMILES string of the molecule is COc1cc(C(=O)NC2CC3(CCN(CC4CCN(Cc5ccc(C6CCC(=O)NC6=O)cc5F)CC4)CC3)C2)ccc1Nc1ncc2c(n1)N(C(C)C)CC(F)(F)C(=O)N2C. The number of methoxy groups -OCH3 is 1. The zero-order valence-corrected chi connectivity index (χ0v) is 35.8. The van der Waals surface area contributed by atoms with Crippen molar-refractivity contribution in [2.45, 2.75) is 95.7 Å². The Hall–Kier alpha value is -5.29. The number of carbonyl (C=O) groups is 4. The van der Waals surface area contributed by atoms with Crippen LogP contribution in [0.2, 0.25) is 0 Å². The van der Waals surface area contributed by atoms with Crippen molar-refractivity contribution in [2.75, 3.05) is 68.5 Å². The fraction of sp³-hybridized carbons (Fsp3) is 0.556. The lowest BCUT2D eigenvalue weighted by Crippen LogP contribution is -2.55. The molecular weight excluding hydrogens is 804 g/mol. The van der Waals surface area contributed by atoms with Gasteiger partial charge in [-0.3, -0.25) is 29.4 Å². The first-order valence-electron chi connectivity index (χ1n) is 21.7. The molecule has 4 fully saturated rings. The molecule has 3 aromatic rings. The maximum Gasteiger partial charge on any atom is 0.342 e. The van der Waals surface area contributed by atoms with E-state index in [2.05, 4.69) is 35.7 Å². The molecule has 1 aromatic heterocycles. The van der Waals surface area contributed by atoms with Gasteiger partial charge < -0.3 is 30.1 Å². The van der Waals surface area contributed by atoms with Gasteiger partial charge in [-0.25, -0.2) is 9.37 Å². The van der Waals surface area contributed by atoms with Gasteiger partial charge in [-0.15, -0.1) is 0 Å². The summed E-state index contributed by atoms with van der Waals surface area (Å²) in [6, 6.07) is 9.81. The fourth-order valence-electron chi connectivity index (χ4n) is 9.90. The van der Waals surface area contributed by atoms with Crippen molar-refractivity contribution in [3.63, 3.8) is 0 Å². The number of halogens is 3. The number of carbonyl (C=O) groups excluding carboxylic acids is 4. The van der Waals surface area contributed by atoms with E-state index in [-0.39, 0.29) is 64.9 Å². The minimum absolute atomic E-state index is 0.0925. The Bertz CT molecular complexity index is 2200. The van der Waals surface area contributed by atoms with Gasteiger partial charge in [0.05, 0.1) is 31.5 Å². The Morgan fingerprint density at radius 1 is 1.00 bits per heavy atom. The van der Waals surface area contributed by atoms with Crippen LogP contribution in [0, 0.1) is 17.2 Å². The first-order valence-corrected chi connectivity index (χ1v) is 21.7. The Kier molecular flexibility index (Phi) is 12.2. The summed E-state index contributed by atoms with van der Waals surface area (Å²) in [4.78, 5) is 65.7. The minimum atomic E-state index is -3.60.